The standard InChI is InChI=1S/C18H21ClN6O/c1-10(13-4-6-14(19)7-5-13)21-16(26)9-8-15-11(2)22-18-23-17(20)24-25(18)12(15)3/h4-7,10H,8-9H2,1-3H3,(H2,20,24)(H,21,26). The number of carbonyl (C=O) groups is 1. The van der Waals surface area contributed by atoms with Crippen molar-refractivity contribution in [2.75, 3.05) is 5.73 Å². The van der Waals surface area contributed by atoms with Gasteiger partial charge in [0.05, 0.1) is 6.04 Å². The molecule has 0 saturated carbocycles. The fourth-order valence-corrected chi connectivity index (χ4v) is 3.10. The quantitative estimate of drug-likeness (QED) is 0.717. The van der Waals surface area contributed by atoms with Gasteiger partial charge in [0.25, 0.3) is 5.78 Å². The number of nitrogens with one attached hydrogen (secondary N) is 1. The Morgan fingerprint density at radius 2 is 1.96 bits per heavy atom. The summed E-state index contributed by atoms with van der Waals surface area (Å²) >= 11 is 5.90. The first-order chi connectivity index (χ1) is 12.3. The van der Waals surface area contributed by atoms with E-state index in [1.54, 1.807) is 4.52 Å². The van der Waals surface area contributed by atoms with Gasteiger partial charge in [-0.2, -0.15) is 9.50 Å². The van der Waals surface area contributed by atoms with Gasteiger partial charge in [0.1, 0.15) is 0 Å². The first-order valence-electron chi connectivity index (χ1n) is 8.38. The number of carbonyl (C=O) groups excluding carboxylic acids is 1. The minimum Gasteiger partial charge on any atom is -0.366 e. The molecule has 7 nitrogen and oxygen atoms in total. The molecule has 0 radical (unpaired) electrons. The average molecular weight is 373 g/mol. The number of amides is 1. The first-order valence-corrected chi connectivity index (χ1v) is 8.76. The number of nitrogens with two attached hydrogens (primary N) is 1. The molecule has 1 unspecified atom stereocenters. The van der Waals surface area contributed by atoms with Gasteiger partial charge < -0.3 is 11.1 Å². The van der Waals surface area contributed by atoms with Crippen molar-refractivity contribution in [2.45, 2.75) is 39.7 Å². The van der Waals surface area contributed by atoms with Crippen LogP contribution in [-0.2, 0) is 11.2 Å². The largest absolute Gasteiger partial charge is 0.366 e. The molecule has 0 aliphatic rings. The summed E-state index contributed by atoms with van der Waals surface area (Å²) in [5.74, 6) is 0.637. The molecule has 0 aliphatic carbocycles. The number of hydrogen-bond acceptors (Lipinski definition) is 5. The van der Waals surface area contributed by atoms with E-state index in [4.69, 9.17) is 17.3 Å². The first kappa shape index (κ1) is 18.1. The molecule has 3 aromatic rings. The Morgan fingerprint density at radius 1 is 1.27 bits per heavy atom. The van der Waals surface area contributed by atoms with E-state index >= 15 is 0 Å². The predicted octanol–water partition coefficient (Wildman–Crippen LogP) is 2.79. The zero-order chi connectivity index (χ0) is 18.8. The number of benzene rings is 1. The highest BCUT2D eigenvalue weighted by Gasteiger charge is 2.15. The molecule has 0 bridgehead atoms. The van der Waals surface area contributed by atoms with Crippen LogP contribution in [0.25, 0.3) is 5.78 Å². The highest BCUT2D eigenvalue weighted by Crippen LogP contribution is 2.18. The molecule has 0 spiro atoms. The minimum atomic E-state index is -0.0855. The lowest BCUT2D eigenvalue weighted by Crippen LogP contribution is -2.27. The van der Waals surface area contributed by atoms with Crippen LogP contribution in [0.15, 0.2) is 24.3 Å². The minimum absolute atomic E-state index is 0.0237. The van der Waals surface area contributed by atoms with Gasteiger partial charge in [-0.05, 0) is 50.5 Å². The maximum absolute atomic E-state index is 12.3. The zero-order valence-corrected chi connectivity index (χ0v) is 15.7. The lowest BCUT2D eigenvalue weighted by atomic mass is 10.1. The normalized spacial score (nSPS) is 12.3. The third kappa shape index (κ3) is 3.77. The SMILES string of the molecule is Cc1nc2nc(N)nn2c(C)c1CCC(=O)NC(C)c1ccc(Cl)cc1. The van der Waals surface area contributed by atoms with E-state index in [0.717, 1.165) is 22.5 Å². The summed E-state index contributed by atoms with van der Waals surface area (Å²) in [7, 11) is 0. The number of nitrogens with zero attached hydrogens (tertiary/aromatic N) is 4. The lowest BCUT2D eigenvalue weighted by molar-refractivity contribution is -0.121. The van der Waals surface area contributed by atoms with Gasteiger partial charge in [-0.25, -0.2) is 4.98 Å². The topological polar surface area (TPSA) is 98.2 Å². The zero-order valence-electron chi connectivity index (χ0n) is 15.0. The van der Waals surface area contributed by atoms with E-state index in [1.807, 2.05) is 45.0 Å². The second kappa shape index (κ2) is 7.29. The van der Waals surface area contributed by atoms with Crippen molar-refractivity contribution >= 4 is 29.2 Å². The van der Waals surface area contributed by atoms with Crippen molar-refractivity contribution in [1.29, 1.82) is 0 Å². The Balaban J connectivity index is 1.67. The van der Waals surface area contributed by atoms with Crippen molar-refractivity contribution in [3.63, 3.8) is 0 Å². The lowest BCUT2D eigenvalue weighted by Gasteiger charge is -2.15. The number of aryl methyl sites for hydroxylation is 2. The van der Waals surface area contributed by atoms with Crippen molar-refractivity contribution < 1.29 is 4.79 Å². The van der Waals surface area contributed by atoms with Crippen LogP contribution in [-0.4, -0.2) is 25.5 Å². The third-order valence-corrected chi connectivity index (χ3v) is 4.67. The molecular formula is C18H21ClN6O. The monoisotopic (exact) mass is 372 g/mol. The summed E-state index contributed by atoms with van der Waals surface area (Å²) in [6.07, 6.45) is 0.927. The molecule has 26 heavy (non-hydrogen) atoms. The Bertz CT molecular complexity index is 950. The molecule has 2 heterocycles. The van der Waals surface area contributed by atoms with Crippen molar-refractivity contribution in [1.82, 2.24) is 24.9 Å². The summed E-state index contributed by atoms with van der Waals surface area (Å²) in [5, 5.41) is 7.83. The van der Waals surface area contributed by atoms with E-state index in [-0.39, 0.29) is 17.9 Å². The summed E-state index contributed by atoms with van der Waals surface area (Å²) in [4.78, 5) is 20.8. The molecule has 0 saturated heterocycles. The molecule has 8 heteroatoms. The highest BCUT2D eigenvalue weighted by atomic mass is 35.5. The van der Waals surface area contributed by atoms with E-state index in [1.165, 1.54) is 0 Å². The van der Waals surface area contributed by atoms with Crippen LogP contribution in [0.1, 0.15) is 41.9 Å². The fourth-order valence-electron chi connectivity index (χ4n) is 2.97. The Morgan fingerprint density at radius 3 is 2.65 bits per heavy atom. The van der Waals surface area contributed by atoms with E-state index in [9.17, 15) is 4.79 Å². The van der Waals surface area contributed by atoms with Crippen LogP contribution in [0.2, 0.25) is 5.02 Å². The molecule has 1 atom stereocenters. The van der Waals surface area contributed by atoms with Crippen molar-refractivity contribution in [3.8, 4) is 0 Å². The molecular weight excluding hydrogens is 352 g/mol. The van der Waals surface area contributed by atoms with E-state index in [0.29, 0.717) is 23.6 Å². The highest BCUT2D eigenvalue weighted by molar-refractivity contribution is 6.30. The van der Waals surface area contributed by atoms with Crippen LogP contribution in [0.4, 0.5) is 5.95 Å². The summed E-state index contributed by atoms with van der Waals surface area (Å²) < 4.78 is 1.62. The van der Waals surface area contributed by atoms with Crippen molar-refractivity contribution in [2.24, 2.45) is 0 Å². The Kier molecular flexibility index (Phi) is 5.08. The number of fused-ring (bicyclic) bond motifs is 1. The Labute approximate surface area is 156 Å². The van der Waals surface area contributed by atoms with Gasteiger partial charge in [-0.1, -0.05) is 23.7 Å². The summed E-state index contributed by atoms with van der Waals surface area (Å²) in [5.41, 5.74) is 9.37. The Hall–Kier alpha value is -2.67. The number of halogens is 1. The third-order valence-electron chi connectivity index (χ3n) is 4.41. The fraction of sp³-hybridized carbons (Fsp3) is 0.333. The second-order valence-electron chi connectivity index (χ2n) is 6.28. The molecule has 0 fully saturated rings. The number of nitrogen functional groups attached to an aromatic ring is 1. The molecule has 3 N–H and O–H groups in total. The van der Waals surface area contributed by atoms with Crippen LogP contribution < -0.4 is 11.1 Å². The van der Waals surface area contributed by atoms with Gasteiger partial charge >= 0.3 is 0 Å². The van der Waals surface area contributed by atoms with Gasteiger partial charge in [-0.3, -0.25) is 4.79 Å². The number of aromatic nitrogens is 4. The molecule has 2 aromatic heterocycles. The molecule has 136 valence electrons. The molecule has 1 amide bonds. The van der Waals surface area contributed by atoms with Gasteiger partial charge in [0, 0.05) is 22.8 Å². The van der Waals surface area contributed by atoms with Gasteiger partial charge in [0.15, 0.2) is 0 Å². The molecule has 1 aromatic carbocycles. The average Bonchev–Trinajstić information content (AvgIpc) is 2.95. The summed E-state index contributed by atoms with van der Waals surface area (Å²) in [6, 6.07) is 7.37. The van der Waals surface area contributed by atoms with Crippen LogP contribution in [0.3, 0.4) is 0 Å². The van der Waals surface area contributed by atoms with Gasteiger partial charge in [-0.15, -0.1) is 5.10 Å². The summed E-state index contributed by atoms with van der Waals surface area (Å²) in [6.45, 7) is 5.78. The number of rotatable bonds is 5. The van der Waals surface area contributed by atoms with Gasteiger partial charge in [0.2, 0.25) is 11.9 Å². The molecule has 3 rings (SSSR count). The maximum Gasteiger partial charge on any atom is 0.254 e. The number of anilines is 1. The molecule has 0 aliphatic heterocycles. The predicted molar refractivity (Wildman–Crippen MR) is 101 cm³/mol. The second-order valence-corrected chi connectivity index (χ2v) is 6.72. The van der Waals surface area contributed by atoms with Crippen molar-refractivity contribution in [3.05, 3.63) is 51.8 Å². The maximum atomic E-state index is 12.3. The number of hydrogen-bond donors (Lipinski definition) is 2. The van der Waals surface area contributed by atoms with Crippen LogP contribution in [0.5, 0.6) is 0 Å². The van der Waals surface area contributed by atoms with E-state index < -0.39 is 0 Å². The van der Waals surface area contributed by atoms with Crippen LogP contribution in [0, 0.1) is 13.8 Å². The van der Waals surface area contributed by atoms with E-state index in [2.05, 4.69) is 20.4 Å². The van der Waals surface area contributed by atoms with Crippen LogP contribution >= 0.6 is 11.6 Å². The smallest absolute Gasteiger partial charge is 0.254 e.